The van der Waals surface area contributed by atoms with Crippen molar-refractivity contribution in [3.63, 3.8) is 0 Å². The predicted molar refractivity (Wildman–Crippen MR) is 48.6 cm³/mol. The monoisotopic (exact) mass is 190 g/mol. The van der Waals surface area contributed by atoms with E-state index in [4.69, 9.17) is 0 Å². The van der Waals surface area contributed by atoms with Gasteiger partial charge in [0.1, 0.15) is 0 Å². The summed E-state index contributed by atoms with van der Waals surface area (Å²) in [5, 5.41) is 0.414. The van der Waals surface area contributed by atoms with Crippen molar-refractivity contribution in [2.24, 2.45) is 0 Å². The molecule has 0 unspecified atom stereocenters. The average Bonchev–Trinajstić information content (AvgIpc) is 2.23. The molecule has 0 saturated carbocycles. The third-order valence-corrected chi connectivity index (χ3v) is 1.78. The molecule has 2 aromatic heterocycles. The smallest absolute Gasteiger partial charge is 0.321 e. The van der Waals surface area contributed by atoms with Crippen LogP contribution < -0.4 is 10.3 Å². The Kier molecular flexibility index (Phi) is 1.98. The minimum Gasteiger partial charge on any atom is -0.338 e. The zero-order valence-electron chi connectivity index (χ0n) is 7.08. The van der Waals surface area contributed by atoms with Gasteiger partial charge in [0.25, 0.3) is 0 Å². The highest BCUT2D eigenvalue weighted by atomic mass is 16.7. The molecule has 2 aromatic rings. The Bertz CT molecular complexity index is 533. The minimum atomic E-state index is -0.154. The van der Waals surface area contributed by atoms with Crippen LogP contribution in [0.1, 0.15) is 0 Å². The highest BCUT2D eigenvalue weighted by molar-refractivity contribution is 5.74. The van der Waals surface area contributed by atoms with Gasteiger partial charge in [-0.15, -0.1) is 0 Å². The molecule has 0 spiro atoms. The summed E-state index contributed by atoms with van der Waals surface area (Å²) < 4.78 is 1.14. The Labute approximate surface area is 78.5 Å². The average molecular weight is 190 g/mol. The van der Waals surface area contributed by atoms with E-state index in [2.05, 4.69) is 9.82 Å². The maximum Gasteiger partial charge on any atom is 0.321 e. The number of carbonyl (C=O) groups is 1. The summed E-state index contributed by atoms with van der Waals surface area (Å²) in [6.07, 6.45) is 2.87. The summed E-state index contributed by atoms with van der Waals surface area (Å²) in [5.41, 5.74) is 0.172. The zero-order valence-corrected chi connectivity index (χ0v) is 7.08. The summed E-state index contributed by atoms with van der Waals surface area (Å²) in [7, 11) is 0. The van der Waals surface area contributed by atoms with Crippen LogP contribution in [0.2, 0.25) is 0 Å². The van der Waals surface area contributed by atoms with Crippen LogP contribution in [0.15, 0.2) is 35.4 Å². The number of hydrogen-bond donors (Lipinski definition) is 0. The van der Waals surface area contributed by atoms with Crippen LogP contribution in [0.5, 0.6) is 0 Å². The minimum absolute atomic E-state index is 0.154. The second-order valence-electron chi connectivity index (χ2n) is 2.58. The maximum absolute atomic E-state index is 11.3. The fourth-order valence-electron chi connectivity index (χ4n) is 1.19. The molecule has 5 nitrogen and oxygen atoms in total. The van der Waals surface area contributed by atoms with Gasteiger partial charge in [0.05, 0.1) is 11.6 Å². The van der Waals surface area contributed by atoms with Gasteiger partial charge in [-0.2, -0.15) is 4.73 Å². The van der Waals surface area contributed by atoms with Crippen molar-refractivity contribution >= 4 is 17.5 Å². The molecule has 0 bridgehead atoms. The van der Waals surface area contributed by atoms with Crippen molar-refractivity contribution in [3.8, 4) is 0 Å². The molecule has 0 aliphatic carbocycles. The van der Waals surface area contributed by atoms with Gasteiger partial charge >= 0.3 is 6.47 Å². The summed E-state index contributed by atoms with van der Waals surface area (Å²) in [6.45, 7) is 0.276. The lowest BCUT2D eigenvalue weighted by Gasteiger charge is -2.04. The third kappa shape index (κ3) is 1.24. The molecule has 0 atom stereocenters. The molecule has 14 heavy (non-hydrogen) atoms. The molecule has 0 fully saturated rings. The van der Waals surface area contributed by atoms with Crippen molar-refractivity contribution < 1.29 is 9.63 Å². The Morgan fingerprint density at radius 1 is 1.43 bits per heavy atom. The Morgan fingerprint density at radius 3 is 3.07 bits per heavy atom. The highest BCUT2D eigenvalue weighted by Crippen LogP contribution is 2.03. The number of rotatable bonds is 2. The Hall–Kier alpha value is -2.17. The molecule has 0 amide bonds. The van der Waals surface area contributed by atoms with Gasteiger partial charge in [0.15, 0.2) is 11.1 Å². The van der Waals surface area contributed by atoms with Crippen molar-refractivity contribution in [3.05, 3.63) is 40.8 Å². The lowest BCUT2D eigenvalue weighted by molar-refractivity contribution is -0.128. The molecule has 70 valence electrons. The van der Waals surface area contributed by atoms with Crippen LogP contribution in [0.25, 0.3) is 11.0 Å². The molecular weight excluding hydrogens is 184 g/mol. The Balaban J connectivity index is 2.81. The number of fused-ring (bicyclic) bond motifs is 1. The van der Waals surface area contributed by atoms with E-state index in [0.29, 0.717) is 11.0 Å². The summed E-state index contributed by atoms with van der Waals surface area (Å²) in [6, 6.07) is 4.58. The first-order chi connectivity index (χ1) is 6.83. The van der Waals surface area contributed by atoms with Gasteiger partial charge in [-0.25, -0.2) is 4.98 Å². The number of carbonyl (C=O) groups excluding carboxylic acids is 1. The molecular formula is C9H6N2O3. The van der Waals surface area contributed by atoms with Crippen molar-refractivity contribution in [1.29, 1.82) is 0 Å². The van der Waals surface area contributed by atoms with Crippen LogP contribution in [-0.4, -0.2) is 16.2 Å². The fourth-order valence-corrected chi connectivity index (χ4v) is 1.19. The normalized spacial score (nSPS) is 10.0. The lowest BCUT2D eigenvalue weighted by Crippen LogP contribution is -2.15. The molecule has 0 aromatic carbocycles. The first kappa shape index (κ1) is 8.43. The van der Waals surface area contributed by atoms with Gasteiger partial charge < -0.3 is 4.84 Å². The van der Waals surface area contributed by atoms with Crippen molar-refractivity contribution in [1.82, 2.24) is 9.71 Å². The molecule has 0 aliphatic heterocycles. The number of aromatic nitrogens is 2. The van der Waals surface area contributed by atoms with Crippen LogP contribution in [-0.2, 0) is 4.79 Å². The zero-order chi connectivity index (χ0) is 9.97. The molecule has 0 N–H and O–H groups in total. The molecule has 2 heterocycles. The van der Waals surface area contributed by atoms with Crippen LogP contribution in [0.3, 0.4) is 0 Å². The first-order valence-corrected chi connectivity index (χ1v) is 3.90. The summed E-state index contributed by atoms with van der Waals surface area (Å²) in [5.74, 6) is 0. The van der Waals surface area contributed by atoms with E-state index in [-0.39, 0.29) is 11.9 Å². The second-order valence-corrected chi connectivity index (χ2v) is 2.58. The maximum atomic E-state index is 11.3. The van der Waals surface area contributed by atoms with Crippen molar-refractivity contribution in [2.45, 2.75) is 0 Å². The van der Waals surface area contributed by atoms with E-state index in [1.807, 2.05) is 0 Å². The molecule has 0 saturated heterocycles. The van der Waals surface area contributed by atoms with E-state index < -0.39 is 0 Å². The van der Waals surface area contributed by atoms with Crippen LogP contribution in [0.4, 0.5) is 0 Å². The fraction of sp³-hybridized carbons (Fsp3) is 0. The van der Waals surface area contributed by atoms with Crippen LogP contribution in [0, 0.1) is 0 Å². The Morgan fingerprint density at radius 2 is 2.29 bits per heavy atom. The predicted octanol–water partition coefficient (Wildman–Crippen LogP) is -0.0185. The van der Waals surface area contributed by atoms with E-state index in [0.717, 1.165) is 4.73 Å². The quantitative estimate of drug-likeness (QED) is 0.624. The molecule has 5 heteroatoms. The summed E-state index contributed by atoms with van der Waals surface area (Å²) in [4.78, 5) is 30.0. The molecule has 0 aliphatic rings. The topological polar surface area (TPSA) is 61.2 Å². The van der Waals surface area contributed by atoms with E-state index in [1.54, 1.807) is 12.1 Å². The van der Waals surface area contributed by atoms with Gasteiger partial charge in [-0.05, 0) is 12.1 Å². The first-order valence-electron chi connectivity index (χ1n) is 3.90. The van der Waals surface area contributed by atoms with Crippen LogP contribution >= 0.6 is 0 Å². The van der Waals surface area contributed by atoms with Gasteiger partial charge in [0.2, 0.25) is 0 Å². The SMILES string of the molecule is O=COn1ccc(=O)c2cccnc21. The van der Waals surface area contributed by atoms with E-state index in [9.17, 15) is 9.59 Å². The highest BCUT2D eigenvalue weighted by Gasteiger charge is 2.02. The number of hydrogen-bond acceptors (Lipinski definition) is 4. The second kappa shape index (κ2) is 3.29. The van der Waals surface area contributed by atoms with Crippen molar-refractivity contribution in [2.75, 3.05) is 0 Å². The van der Waals surface area contributed by atoms with E-state index >= 15 is 0 Å². The largest absolute Gasteiger partial charge is 0.338 e. The van der Waals surface area contributed by atoms with Gasteiger partial charge in [-0.1, -0.05) is 0 Å². The standard InChI is InChI=1S/C9H6N2O3/c12-6-14-11-5-3-8(13)7-2-1-4-10-9(7)11/h1-6H. The lowest BCUT2D eigenvalue weighted by atomic mass is 10.3. The number of nitrogens with zero attached hydrogens (tertiary/aromatic N) is 2. The van der Waals surface area contributed by atoms with E-state index in [1.165, 1.54) is 18.5 Å². The number of pyridine rings is 2. The molecule has 2 rings (SSSR count). The third-order valence-electron chi connectivity index (χ3n) is 1.78. The summed E-state index contributed by atoms with van der Waals surface area (Å²) >= 11 is 0. The van der Waals surface area contributed by atoms with Gasteiger partial charge in [0, 0.05) is 12.3 Å². The molecule has 0 radical (unpaired) electrons. The van der Waals surface area contributed by atoms with Gasteiger partial charge in [-0.3, -0.25) is 9.59 Å².